The first-order valence-corrected chi connectivity index (χ1v) is 9.96. The quantitative estimate of drug-likeness (QED) is 0.434. The Morgan fingerprint density at radius 1 is 0.571 bits per heavy atom. The van der Waals surface area contributed by atoms with Crippen LogP contribution >= 0.6 is 0 Å². The highest BCUT2D eigenvalue weighted by Gasteiger charge is 2.19. The minimum atomic E-state index is 1.09. The molecule has 4 aromatic carbocycles. The third-order valence-corrected chi connectivity index (χ3v) is 5.65. The molecule has 0 saturated heterocycles. The van der Waals surface area contributed by atoms with E-state index in [0.29, 0.717) is 0 Å². The van der Waals surface area contributed by atoms with Gasteiger partial charge >= 0.3 is 0 Å². The molecule has 0 radical (unpaired) electrons. The lowest BCUT2D eigenvalue weighted by atomic mass is 9.94. The summed E-state index contributed by atoms with van der Waals surface area (Å²) in [6, 6.07) is 30.2. The van der Waals surface area contributed by atoms with Gasteiger partial charge in [0.1, 0.15) is 0 Å². The molecule has 4 aromatic rings. The van der Waals surface area contributed by atoms with Crippen molar-refractivity contribution < 1.29 is 0 Å². The van der Waals surface area contributed by atoms with Crippen molar-refractivity contribution in [1.29, 1.82) is 0 Å². The molecule has 5 rings (SSSR count). The van der Waals surface area contributed by atoms with E-state index in [0.717, 1.165) is 12.8 Å². The van der Waals surface area contributed by atoms with Gasteiger partial charge in [-0.3, -0.25) is 0 Å². The van der Waals surface area contributed by atoms with Crippen molar-refractivity contribution in [2.75, 3.05) is 4.90 Å². The molecule has 0 bridgehead atoms. The van der Waals surface area contributed by atoms with Crippen LogP contribution in [-0.2, 0) is 0 Å². The summed E-state index contributed by atoms with van der Waals surface area (Å²) in [7, 11) is 0. The number of hydrogen-bond acceptors (Lipinski definition) is 1. The maximum Gasteiger partial charge on any atom is 0.0615 e. The van der Waals surface area contributed by atoms with E-state index in [1.54, 1.807) is 0 Å². The van der Waals surface area contributed by atoms with Gasteiger partial charge in [0.2, 0.25) is 0 Å². The number of benzene rings is 4. The molecule has 0 heterocycles. The lowest BCUT2D eigenvalue weighted by Crippen LogP contribution is -2.34. The lowest BCUT2D eigenvalue weighted by molar-refractivity contribution is 1.11. The van der Waals surface area contributed by atoms with Crippen molar-refractivity contribution in [2.24, 2.45) is 0 Å². The zero-order valence-electron chi connectivity index (χ0n) is 16.1. The van der Waals surface area contributed by atoms with Crippen molar-refractivity contribution in [3.05, 3.63) is 101 Å². The fraction of sp³-hybridized carbons (Fsp3) is 0.111. The molecule has 0 aliphatic heterocycles. The Morgan fingerprint density at radius 3 is 1.68 bits per heavy atom. The monoisotopic (exact) mass is 361 g/mol. The number of nitrogens with zero attached hydrogens (tertiary/aromatic N) is 1. The summed E-state index contributed by atoms with van der Waals surface area (Å²) >= 11 is 0. The first-order valence-electron chi connectivity index (χ1n) is 9.96. The summed E-state index contributed by atoms with van der Waals surface area (Å²) in [5.74, 6) is 0. The average Bonchev–Trinajstić information content (AvgIpc) is 2.78. The second-order valence-electron chi connectivity index (χ2n) is 7.34. The van der Waals surface area contributed by atoms with Crippen LogP contribution in [0.1, 0.15) is 18.4 Å². The van der Waals surface area contributed by atoms with Gasteiger partial charge in [-0.05, 0) is 60.2 Å². The molecule has 1 aliphatic rings. The van der Waals surface area contributed by atoms with Gasteiger partial charge < -0.3 is 4.90 Å². The predicted octanol–water partition coefficient (Wildman–Crippen LogP) is 5.97. The van der Waals surface area contributed by atoms with E-state index in [9.17, 15) is 0 Å². The Balaban J connectivity index is 1.95. The van der Waals surface area contributed by atoms with E-state index in [1.807, 2.05) is 0 Å². The number of fused-ring (bicyclic) bond motifs is 2. The van der Waals surface area contributed by atoms with Crippen LogP contribution in [0, 0.1) is 6.92 Å². The van der Waals surface area contributed by atoms with Crippen molar-refractivity contribution in [1.82, 2.24) is 0 Å². The van der Waals surface area contributed by atoms with E-state index >= 15 is 0 Å². The molecule has 28 heavy (non-hydrogen) atoms. The van der Waals surface area contributed by atoms with Crippen molar-refractivity contribution >= 4 is 40.0 Å². The zero-order valence-corrected chi connectivity index (χ0v) is 16.1. The van der Waals surface area contributed by atoms with E-state index in [2.05, 4.69) is 109 Å². The molecule has 0 fully saturated rings. The number of hydrogen-bond donors (Lipinski definition) is 0. The maximum absolute atomic E-state index is 2.42. The zero-order chi connectivity index (χ0) is 18.9. The van der Waals surface area contributed by atoms with E-state index in [-0.39, 0.29) is 0 Å². The lowest BCUT2D eigenvalue weighted by Gasteiger charge is -2.28. The van der Waals surface area contributed by atoms with Crippen LogP contribution in [0.15, 0.2) is 84.9 Å². The average molecular weight is 361 g/mol. The Morgan fingerprint density at radius 2 is 1.07 bits per heavy atom. The Labute approximate surface area is 165 Å². The third kappa shape index (κ3) is 2.71. The molecular formula is C27H23N. The normalized spacial score (nSPS) is 12.8. The molecule has 0 N–H and O–H groups in total. The minimum Gasteiger partial charge on any atom is -0.309 e. The molecule has 1 heteroatoms. The van der Waals surface area contributed by atoms with Crippen LogP contribution in [0.2, 0.25) is 0 Å². The van der Waals surface area contributed by atoms with Gasteiger partial charge in [-0.15, -0.1) is 0 Å². The van der Waals surface area contributed by atoms with Crippen molar-refractivity contribution in [3.63, 3.8) is 0 Å². The molecular weight excluding hydrogens is 338 g/mol. The van der Waals surface area contributed by atoms with Crippen LogP contribution in [0.5, 0.6) is 0 Å². The summed E-state index contributed by atoms with van der Waals surface area (Å²) in [5.41, 5.74) is 5.03. The maximum atomic E-state index is 2.42. The van der Waals surface area contributed by atoms with Crippen LogP contribution in [0.3, 0.4) is 0 Å². The van der Waals surface area contributed by atoms with Gasteiger partial charge in [0, 0.05) is 22.0 Å². The molecule has 0 amide bonds. The molecule has 0 saturated carbocycles. The third-order valence-electron chi connectivity index (χ3n) is 5.65. The van der Waals surface area contributed by atoms with Gasteiger partial charge in [0.05, 0.1) is 5.69 Å². The summed E-state index contributed by atoms with van der Waals surface area (Å²) in [6.07, 6.45) is 7.04. The van der Waals surface area contributed by atoms with E-state index in [1.165, 1.54) is 43.8 Å². The van der Waals surface area contributed by atoms with Crippen LogP contribution in [-0.4, -0.2) is 0 Å². The fourth-order valence-electron chi connectivity index (χ4n) is 4.36. The summed E-state index contributed by atoms with van der Waals surface area (Å²) in [5, 5.41) is 5.38. The molecule has 0 atom stereocenters. The molecule has 0 spiro atoms. The van der Waals surface area contributed by atoms with E-state index < -0.39 is 0 Å². The second kappa shape index (κ2) is 7.01. The highest BCUT2D eigenvalue weighted by atomic mass is 15.1. The summed E-state index contributed by atoms with van der Waals surface area (Å²) in [4.78, 5) is 2.41. The first-order chi connectivity index (χ1) is 13.8. The fourth-order valence-corrected chi connectivity index (χ4v) is 4.36. The van der Waals surface area contributed by atoms with Crippen molar-refractivity contribution in [3.8, 4) is 0 Å². The SMILES string of the molecule is Cc1c2c(c(N(c3ccccc3)c3ccccc3)c3ccccc13)=CCCC=2. The van der Waals surface area contributed by atoms with Crippen molar-refractivity contribution in [2.45, 2.75) is 19.8 Å². The molecule has 1 nitrogen and oxygen atoms in total. The van der Waals surface area contributed by atoms with Crippen LogP contribution < -0.4 is 15.3 Å². The van der Waals surface area contributed by atoms with Gasteiger partial charge in [0.15, 0.2) is 0 Å². The largest absolute Gasteiger partial charge is 0.309 e. The number of rotatable bonds is 3. The highest BCUT2D eigenvalue weighted by Crippen LogP contribution is 2.36. The minimum absolute atomic E-state index is 1.09. The van der Waals surface area contributed by atoms with Gasteiger partial charge in [-0.2, -0.15) is 0 Å². The number of aryl methyl sites for hydroxylation is 1. The second-order valence-corrected chi connectivity index (χ2v) is 7.34. The number of anilines is 3. The molecule has 1 aliphatic carbocycles. The summed E-state index contributed by atoms with van der Waals surface area (Å²) < 4.78 is 0. The smallest absolute Gasteiger partial charge is 0.0615 e. The standard InChI is InChI=1S/C27H23N/c1-20-23-16-8-10-18-25(23)27(26-19-11-9-17-24(20)26)28(21-12-4-2-5-13-21)22-14-6-3-7-15-22/h2-8,10,12-19H,9,11H2,1H3. The van der Waals surface area contributed by atoms with E-state index in [4.69, 9.17) is 0 Å². The van der Waals surface area contributed by atoms with Gasteiger partial charge in [0.25, 0.3) is 0 Å². The van der Waals surface area contributed by atoms with Gasteiger partial charge in [-0.1, -0.05) is 72.8 Å². The van der Waals surface area contributed by atoms with Crippen LogP contribution in [0.4, 0.5) is 17.1 Å². The Bertz CT molecular complexity index is 1220. The Kier molecular flexibility index (Phi) is 4.21. The Hall–Kier alpha value is -3.32. The summed E-state index contributed by atoms with van der Waals surface area (Å²) in [6.45, 7) is 2.26. The molecule has 136 valence electrons. The molecule has 0 aromatic heterocycles. The number of para-hydroxylation sites is 2. The highest BCUT2D eigenvalue weighted by molar-refractivity contribution is 6.01. The van der Waals surface area contributed by atoms with Crippen LogP contribution in [0.25, 0.3) is 22.9 Å². The molecule has 0 unspecified atom stereocenters. The first kappa shape index (κ1) is 16.8. The van der Waals surface area contributed by atoms with Gasteiger partial charge in [-0.25, -0.2) is 0 Å². The predicted molar refractivity (Wildman–Crippen MR) is 121 cm³/mol. The topological polar surface area (TPSA) is 3.24 Å².